The zero-order valence-electron chi connectivity index (χ0n) is 10.5. The Morgan fingerprint density at radius 1 is 1.56 bits per heavy atom. The van der Waals surface area contributed by atoms with E-state index >= 15 is 0 Å². The van der Waals surface area contributed by atoms with Crippen LogP contribution in [-0.4, -0.2) is 20.9 Å². The lowest BCUT2D eigenvalue weighted by atomic mass is 10.1. The monoisotopic (exact) mass is 309 g/mol. The third-order valence-corrected chi connectivity index (χ3v) is 5.29. The van der Waals surface area contributed by atoms with Gasteiger partial charge in [0.2, 0.25) is 0 Å². The molecular weight excluding hydrogens is 294 g/mol. The van der Waals surface area contributed by atoms with Crippen LogP contribution in [0.15, 0.2) is 11.0 Å². The fourth-order valence-corrected chi connectivity index (χ4v) is 3.90. The number of carbonyl (C=O) groups excluding carboxylic acids is 1. The summed E-state index contributed by atoms with van der Waals surface area (Å²) in [5.41, 5.74) is 0. The van der Waals surface area contributed by atoms with Crippen molar-refractivity contribution in [2.75, 3.05) is 6.54 Å². The van der Waals surface area contributed by atoms with Gasteiger partial charge in [0.15, 0.2) is 0 Å². The molecule has 1 amide bonds. The summed E-state index contributed by atoms with van der Waals surface area (Å²) in [6, 6.07) is 1.33. The van der Waals surface area contributed by atoms with Crippen LogP contribution in [0.3, 0.4) is 0 Å². The Kier molecular flexibility index (Phi) is 5.19. The summed E-state index contributed by atoms with van der Waals surface area (Å²) >= 11 is 1.13. The smallest absolute Gasteiger partial charge is 0.262 e. The van der Waals surface area contributed by atoms with Gasteiger partial charge in [-0.25, -0.2) is 8.42 Å². The minimum Gasteiger partial charge on any atom is -0.351 e. The molecule has 1 aromatic rings. The van der Waals surface area contributed by atoms with E-state index in [0.29, 0.717) is 22.2 Å². The molecule has 18 heavy (non-hydrogen) atoms. The van der Waals surface area contributed by atoms with Crippen molar-refractivity contribution in [3.8, 4) is 0 Å². The molecule has 1 N–H and O–H groups in total. The van der Waals surface area contributed by atoms with Crippen molar-refractivity contribution < 1.29 is 13.2 Å². The molecule has 0 spiro atoms. The van der Waals surface area contributed by atoms with E-state index in [1.165, 1.54) is 6.07 Å². The fraction of sp³-hybridized carbons (Fsp3) is 0.545. The standard InChI is InChI=1S/C11H16ClNO3S2/c1-4-7(2)6-13-11(14)9-5-10(8(3)17-9)18(12,15)16/h5,7H,4,6H2,1-3H3,(H,13,14). The van der Waals surface area contributed by atoms with Gasteiger partial charge in [0.25, 0.3) is 15.0 Å². The number of thiophene rings is 1. The van der Waals surface area contributed by atoms with E-state index in [2.05, 4.69) is 5.32 Å². The van der Waals surface area contributed by atoms with Crippen LogP contribution in [0, 0.1) is 12.8 Å². The summed E-state index contributed by atoms with van der Waals surface area (Å²) < 4.78 is 22.5. The highest BCUT2D eigenvalue weighted by Crippen LogP contribution is 2.28. The van der Waals surface area contributed by atoms with E-state index in [0.717, 1.165) is 17.8 Å². The number of amides is 1. The van der Waals surface area contributed by atoms with Crippen LogP contribution in [0.1, 0.15) is 34.8 Å². The lowest BCUT2D eigenvalue weighted by Crippen LogP contribution is -2.27. The Morgan fingerprint density at radius 3 is 2.61 bits per heavy atom. The van der Waals surface area contributed by atoms with Gasteiger partial charge in [0.05, 0.1) is 9.77 Å². The second kappa shape index (κ2) is 6.04. The molecule has 0 aromatic carbocycles. The largest absolute Gasteiger partial charge is 0.351 e. The average Bonchev–Trinajstić information content (AvgIpc) is 2.67. The molecule has 1 heterocycles. The zero-order valence-corrected chi connectivity index (χ0v) is 12.9. The highest BCUT2D eigenvalue weighted by molar-refractivity contribution is 8.13. The van der Waals surface area contributed by atoms with Crippen molar-refractivity contribution in [3.05, 3.63) is 15.8 Å². The molecule has 0 saturated carbocycles. The van der Waals surface area contributed by atoms with Crippen molar-refractivity contribution in [2.45, 2.75) is 32.1 Å². The van der Waals surface area contributed by atoms with Crippen molar-refractivity contribution in [3.63, 3.8) is 0 Å². The summed E-state index contributed by atoms with van der Waals surface area (Å²) in [7, 11) is 1.50. The maximum Gasteiger partial charge on any atom is 0.262 e. The zero-order chi connectivity index (χ0) is 13.9. The van der Waals surface area contributed by atoms with Crippen LogP contribution in [0.25, 0.3) is 0 Å². The van der Waals surface area contributed by atoms with Crippen LogP contribution in [-0.2, 0) is 9.05 Å². The van der Waals surface area contributed by atoms with Gasteiger partial charge >= 0.3 is 0 Å². The Bertz CT molecular complexity index is 536. The van der Waals surface area contributed by atoms with E-state index in [9.17, 15) is 13.2 Å². The average molecular weight is 310 g/mol. The quantitative estimate of drug-likeness (QED) is 0.851. The SMILES string of the molecule is CCC(C)CNC(=O)c1cc(S(=O)(=O)Cl)c(C)s1. The maximum atomic E-state index is 11.8. The van der Waals surface area contributed by atoms with E-state index in [1.54, 1.807) is 6.92 Å². The number of aryl methyl sites for hydroxylation is 1. The van der Waals surface area contributed by atoms with Crippen molar-refractivity contribution in [1.82, 2.24) is 5.32 Å². The lowest BCUT2D eigenvalue weighted by Gasteiger charge is -2.08. The first-order valence-corrected chi connectivity index (χ1v) is 8.71. The van der Waals surface area contributed by atoms with Gasteiger partial charge in [-0.05, 0) is 18.9 Å². The third-order valence-electron chi connectivity index (χ3n) is 2.67. The second-order valence-corrected chi connectivity index (χ2v) is 7.98. The highest BCUT2D eigenvalue weighted by atomic mass is 35.7. The van der Waals surface area contributed by atoms with Gasteiger partial charge in [-0.3, -0.25) is 4.79 Å². The van der Waals surface area contributed by atoms with Gasteiger partial charge in [0.1, 0.15) is 0 Å². The molecule has 1 unspecified atom stereocenters. The van der Waals surface area contributed by atoms with E-state index < -0.39 is 9.05 Å². The first-order valence-electron chi connectivity index (χ1n) is 5.59. The Hall–Kier alpha value is -0.590. The molecule has 0 saturated heterocycles. The molecule has 1 atom stereocenters. The number of hydrogen-bond donors (Lipinski definition) is 1. The Labute approximate surface area is 116 Å². The van der Waals surface area contributed by atoms with Crippen LogP contribution in [0.2, 0.25) is 0 Å². The van der Waals surface area contributed by atoms with Crippen molar-refractivity contribution in [1.29, 1.82) is 0 Å². The molecule has 1 aromatic heterocycles. The molecule has 0 fully saturated rings. The predicted octanol–water partition coefficient (Wildman–Crippen LogP) is 2.76. The molecular formula is C11H16ClNO3S2. The number of carbonyl (C=O) groups is 1. The lowest BCUT2D eigenvalue weighted by molar-refractivity contribution is 0.0952. The maximum absolute atomic E-state index is 11.8. The number of halogens is 1. The summed E-state index contributed by atoms with van der Waals surface area (Å²) in [6.07, 6.45) is 0.977. The van der Waals surface area contributed by atoms with Gasteiger partial charge in [-0.1, -0.05) is 20.3 Å². The Balaban J connectivity index is 2.83. The Morgan fingerprint density at radius 2 is 2.17 bits per heavy atom. The van der Waals surface area contributed by atoms with E-state index in [4.69, 9.17) is 10.7 Å². The van der Waals surface area contributed by atoms with Gasteiger partial charge in [-0.2, -0.15) is 0 Å². The number of hydrogen-bond acceptors (Lipinski definition) is 4. The molecule has 102 valence electrons. The molecule has 4 nitrogen and oxygen atoms in total. The third kappa shape index (κ3) is 3.96. The number of nitrogens with one attached hydrogen (secondary N) is 1. The molecule has 0 aliphatic carbocycles. The van der Waals surface area contributed by atoms with Crippen molar-refractivity contribution in [2.24, 2.45) is 5.92 Å². The molecule has 0 aliphatic heterocycles. The fourth-order valence-electron chi connectivity index (χ4n) is 1.32. The second-order valence-electron chi connectivity index (χ2n) is 4.19. The summed E-state index contributed by atoms with van der Waals surface area (Å²) in [5, 5.41) is 2.78. The molecule has 0 aliphatic rings. The molecule has 7 heteroatoms. The summed E-state index contributed by atoms with van der Waals surface area (Å²) in [5.74, 6) is 0.140. The van der Waals surface area contributed by atoms with Gasteiger partial charge in [-0.15, -0.1) is 11.3 Å². The topological polar surface area (TPSA) is 63.2 Å². The first-order chi connectivity index (χ1) is 8.25. The van der Waals surface area contributed by atoms with E-state index in [-0.39, 0.29) is 10.8 Å². The van der Waals surface area contributed by atoms with Crippen LogP contribution in [0.5, 0.6) is 0 Å². The van der Waals surface area contributed by atoms with E-state index in [1.807, 2.05) is 13.8 Å². The molecule has 1 rings (SSSR count). The number of rotatable bonds is 5. The summed E-state index contributed by atoms with van der Waals surface area (Å²) in [4.78, 5) is 12.7. The minimum atomic E-state index is -3.78. The van der Waals surface area contributed by atoms with Crippen LogP contribution in [0.4, 0.5) is 0 Å². The van der Waals surface area contributed by atoms with Gasteiger partial charge < -0.3 is 5.32 Å². The predicted molar refractivity (Wildman–Crippen MR) is 73.9 cm³/mol. The van der Waals surface area contributed by atoms with Crippen LogP contribution >= 0.6 is 22.0 Å². The highest BCUT2D eigenvalue weighted by Gasteiger charge is 2.20. The van der Waals surface area contributed by atoms with Gasteiger partial charge in [0, 0.05) is 22.1 Å². The molecule has 0 bridgehead atoms. The molecule has 0 radical (unpaired) electrons. The first kappa shape index (κ1) is 15.5. The summed E-state index contributed by atoms with van der Waals surface area (Å²) in [6.45, 7) is 6.29. The van der Waals surface area contributed by atoms with Crippen LogP contribution < -0.4 is 5.32 Å². The van der Waals surface area contributed by atoms with Crippen molar-refractivity contribution >= 4 is 37.0 Å². The minimum absolute atomic E-state index is 0.0165. The normalized spacial score (nSPS) is 13.3.